The number of halogens is 9. The lowest BCUT2D eigenvalue weighted by molar-refractivity contribution is -0.193. The van der Waals surface area contributed by atoms with Gasteiger partial charge in [-0.2, -0.15) is 31.4 Å². The standard InChI is InChI=1S/C24H26Cl2FN5O3.C4F6O2/c1-13(20-17(25)4-5-18(27)21(20)26)35-19-8-14(9-29-22(19)28)15-10-30-32(11-15)24(2,3)23(34)31-7-6-16(33)12-31;5-3(6,7)1(11)2(12)4(8,9)10/h4-5,8-11,13,16,33H,6-7,12H2,1-3H3,(H2,28,29);/t13?,16-;/m0./s1. The Balaban J connectivity index is 0.000000426. The number of amides is 1. The average Bonchev–Trinajstić information content (AvgIpc) is 3.65. The summed E-state index contributed by atoms with van der Waals surface area (Å²) < 4.78 is 88.5. The molecule has 0 radical (unpaired) electrons. The highest BCUT2D eigenvalue weighted by Crippen LogP contribution is 2.37. The third kappa shape index (κ3) is 8.70. The second kappa shape index (κ2) is 14.0. The summed E-state index contributed by atoms with van der Waals surface area (Å²) in [6, 6.07) is 4.29. The molecule has 2 atom stereocenters. The summed E-state index contributed by atoms with van der Waals surface area (Å²) in [5, 5.41) is 14.3. The van der Waals surface area contributed by atoms with Crippen LogP contribution in [-0.2, 0) is 19.9 Å². The molecule has 19 heteroatoms. The summed E-state index contributed by atoms with van der Waals surface area (Å²) in [5.41, 5.74) is 6.73. The van der Waals surface area contributed by atoms with Gasteiger partial charge >= 0.3 is 23.9 Å². The Bertz CT molecular complexity index is 1640. The quantitative estimate of drug-likeness (QED) is 0.181. The fraction of sp³-hybridized carbons (Fsp3) is 0.393. The molecule has 1 unspecified atom stereocenters. The van der Waals surface area contributed by atoms with E-state index in [2.05, 4.69) is 10.1 Å². The van der Waals surface area contributed by atoms with E-state index in [-0.39, 0.29) is 27.5 Å². The maximum Gasteiger partial charge on any atom is 0.458 e. The molecule has 10 nitrogen and oxygen atoms in total. The minimum atomic E-state index is -5.77. The average molecular weight is 716 g/mol. The van der Waals surface area contributed by atoms with Gasteiger partial charge in [-0.1, -0.05) is 23.2 Å². The number of likely N-dealkylation sites (tertiary alicyclic amines) is 1. The van der Waals surface area contributed by atoms with Crippen LogP contribution in [-0.4, -0.2) is 73.8 Å². The van der Waals surface area contributed by atoms with E-state index in [9.17, 15) is 50.2 Å². The first kappa shape index (κ1) is 37.5. The van der Waals surface area contributed by atoms with Crippen molar-refractivity contribution in [3.8, 4) is 16.9 Å². The van der Waals surface area contributed by atoms with Gasteiger partial charge < -0.3 is 20.5 Å². The molecule has 1 saturated heterocycles. The van der Waals surface area contributed by atoms with Crippen LogP contribution < -0.4 is 10.5 Å². The first-order chi connectivity index (χ1) is 21.5. The Kier molecular flexibility index (Phi) is 11.2. The second-order valence-corrected chi connectivity index (χ2v) is 11.5. The molecule has 1 aliphatic heterocycles. The minimum absolute atomic E-state index is 0.119. The number of hydrogen-bond acceptors (Lipinski definition) is 8. The highest BCUT2D eigenvalue weighted by atomic mass is 35.5. The van der Waals surface area contributed by atoms with Crippen molar-refractivity contribution in [1.82, 2.24) is 19.7 Å². The van der Waals surface area contributed by atoms with E-state index >= 15 is 0 Å². The fourth-order valence-corrected chi connectivity index (χ4v) is 5.00. The van der Waals surface area contributed by atoms with Crippen molar-refractivity contribution in [2.24, 2.45) is 0 Å². The Morgan fingerprint density at radius 1 is 1.04 bits per heavy atom. The predicted octanol–water partition coefficient (Wildman–Crippen LogP) is 5.69. The van der Waals surface area contributed by atoms with Crippen molar-refractivity contribution in [2.75, 3.05) is 18.8 Å². The first-order valence-corrected chi connectivity index (χ1v) is 14.1. The summed E-state index contributed by atoms with van der Waals surface area (Å²) in [4.78, 5) is 38.1. The summed E-state index contributed by atoms with van der Waals surface area (Å²) in [7, 11) is 0. The van der Waals surface area contributed by atoms with Crippen LogP contribution in [0.5, 0.6) is 5.75 Å². The minimum Gasteiger partial charge on any atom is -0.482 e. The second-order valence-electron chi connectivity index (χ2n) is 10.7. The molecule has 1 aliphatic rings. The lowest BCUT2D eigenvalue weighted by Gasteiger charge is -2.29. The first-order valence-electron chi connectivity index (χ1n) is 13.4. The van der Waals surface area contributed by atoms with Gasteiger partial charge in [0.2, 0.25) is 5.91 Å². The van der Waals surface area contributed by atoms with E-state index in [0.717, 1.165) is 0 Å². The number of ether oxygens (including phenoxy) is 1. The number of alkyl halides is 6. The van der Waals surface area contributed by atoms with Gasteiger partial charge in [-0.05, 0) is 45.4 Å². The molecule has 3 N–H and O–H groups in total. The zero-order valence-corrected chi connectivity index (χ0v) is 26.1. The fourth-order valence-electron chi connectivity index (χ4n) is 4.32. The van der Waals surface area contributed by atoms with Crippen LogP contribution in [0.25, 0.3) is 11.1 Å². The van der Waals surface area contributed by atoms with Gasteiger partial charge in [-0.15, -0.1) is 0 Å². The Labute approximate surface area is 272 Å². The molecule has 4 rings (SSSR count). The van der Waals surface area contributed by atoms with E-state index in [1.807, 2.05) is 0 Å². The molecule has 0 spiro atoms. The van der Waals surface area contributed by atoms with Crippen molar-refractivity contribution in [1.29, 1.82) is 0 Å². The molecular formula is C28H26Cl2F7N5O5. The van der Waals surface area contributed by atoms with Gasteiger partial charge in [-0.25, -0.2) is 9.37 Å². The van der Waals surface area contributed by atoms with Crippen LogP contribution in [0.1, 0.15) is 38.9 Å². The van der Waals surface area contributed by atoms with Gasteiger partial charge in [0.05, 0.1) is 17.3 Å². The van der Waals surface area contributed by atoms with Crippen LogP contribution in [0, 0.1) is 5.82 Å². The maximum absolute atomic E-state index is 14.0. The van der Waals surface area contributed by atoms with Crippen LogP contribution in [0.4, 0.5) is 36.6 Å². The monoisotopic (exact) mass is 715 g/mol. The molecule has 256 valence electrons. The zero-order chi connectivity index (χ0) is 35.6. The maximum atomic E-state index is 14.0. The third-order valence-corrected chi connectivity index (χ3v) is 7.57. The van der Waals surface area contributed by atoms with Gasteiger partial charge in [0, 0.05) is 47.2 Å². The number of anilines is 1. The number of carbonyl (C=O) groups excluding carboxylic acids is 3. The number of ketones is 2. The SMILES string of the molecule is CC(Oc1cc(-c2cnn(C(C)(C)C(=O)N3CC[C@H](O)C3)c2)cnc1N)c1c(Cl)ccc(F)c1Cl.O=C(C(=O)C(F)(F)F)C(F)(F)F. The normalized spacial score (nSPS) is 15.9. The number of aromatic nitrogens is 3. The van der Waals surface area contributed by atoms with Crippen molar-refractivity contribution in [3.05, 3.63) is 58.2 Å². The number of benzene rings is 1. The molecule has 47 heavy (non-hydrogen) atoms. The molecule has 0 saturated carbocycles. The van der Waals surface area contributed by atoms with Crippen LogP contribution in [0.15, 0.2) is 36.8 Å². The van der Waals surface area contributed by atoms with Crippen LogP contribution >= 0.6 is 23.2 Å². The number of Topliss-reactive ketones (excluding diaryl/α,β-unsaturated/α-hetero) is 2. The number of β-amino-alcohol motifs (C(OH)–C–C–N with tert-alkyl or cyclic N) is 1. The van der Waals surface area contributed by atoms with Crippen molar-refractivity contribution in [3.63, 3.8) is 0 Å². The van der Waals surface area contributed by atoms with Gasteiger partial charge in [0.15, 0.2) is 11.6 Å². The molecular weight excluding hydrogens is 690 g/mol. The van der Waals surface area contributed by atoms with Crippen LogP contribution in [0.2, 0.25) is 10.0 Å². The molecule has 0 aliphatic carbocycles. The van der Waals surface area contributed by atoms with E-state index in [1.54, 1.807) is 55.0 Å². The van der Waals surface area contributed by atoms with Crippen molar-refractivity contribution >= 4 is 46.5 Å². The Morgan fingerprint density at radius 3 is 2.17 bits per heavy atom. The number of aliphatic hydroxyl groups excluding tert-OH is 1. The molecule has 1 aromatic carbocycles. The van der Waals surface area contributed by atoms with E-state index in [4.69, 9.17) is 33.7 Å². The highest BCUT2D eigenvalue weighted by molar-refractivity contribution is 6.41. The zero-order valence-electron chi connectivity index (χ0n) is 24.6. The molecule has 2 aromatic heterocycles. The number of carbonyl (C=O) groups is 3. The van der Waals surface area contributed by atoms with E-state index in [1.165, 1.54) is 12.1 Å². The summed E-state index contributed by atoms with van der Waals surface area (Å²) in [6.45, 7) is 6.07. The largest absolute Gasteiger partial charge is 0.482 e. The van der Waals surface area contributed by atoms with Crippen LogP contribution in [0.3, 0.4) is 0 Å². The third-order valence-electron chi connectivity index (χ3n) is 6.86. The molecule has 3 heterocycles. The Hall–Kier alpha value is -3.96. The summed E-state index contributed by atoms with van der Waals surface area (Å²) in [5.74, 6) is -7.14. The smallest absolute Gasteiger partial charge is 0.458 e. The number of nitrogen functional groups attached to an aromatic ring is 1. The molecule has 1 fully saturated rings. The predicted molar refractivity (Wildman–Crippen MR) is 154 cm³/mol. The van der Waals surface area contributed by atoms with Gasteiger partial charge in [0.25, 0.3) is 0 Å². The molecule has 0 bridgehead atoms. The molecule has 1 amide bonds. The van der Waals surface area contributed by atoms with Crippen molar-refractivity contribution in [2.45, 2.75) is 57.3 Å². The number of hydrogen-bond donors (Lipinski definition) is 2. The molecule has 3 aromatic rings. The number of rotatable bonds is 7. The topological polar surface area (TPSA) is 141 Å². The number of nitrogens with zero attached hydrogens (tertiary/aromatic N) is 4. The number of pyridine rings is 1. The van der Waals surface area contributed by atoms with Crippen molar-refractivity contribution < 1.29 is 55.0 Å². The van der Waals surface area contributed by atoms with Gasteiger partial charge in [0.1, 0.15) is 17.5 Å². The highest BCUT2D eigenvalue weighted by Gasteiger charge is 2.54. The lowest BCUT2D eigenvalue weighted by atomic mass is 10.0. The van der Waals surface area contributed by atoms with E-state index < -0.39 is 47.5 Å². The van der Waals surface area contributed by atoms with Gasteiger partial charge in [-0.3, -0.25) is 19.1 Å². The summed E-state index contributed by atoms with van der Waals surface area (Å²) in [6.07, 6.45) is -7.25. The van der Waals surface area contributed by atoms with E-state index in [0.29, 0.717) is 36.2 Å². The summed E-state index contributed by atoms with van der Waals surface area (Å²) >= 11 is 12.3. The Morgan fingerprint density at radius 2 is 1.64 bits per heavy atom. The number of nitrogens with two attached hydrogens (primary N) is 1. The number of aliphatic hydroxyl groups is 1. The lowest BCUT2D eigenvalue weighted by Crippen LogP contribution is -2.46.